The summed E-state index contributed by atoms with van der Waals surface area (Å²) in [4.78, 5) is 0. The van der Waals surface area contributed by atoms with Crippen molar-refractivity contribution in [1.82, 2.24) is 0 Å². The molecule has 0 radical (unpaired) electrons. The lowest BCUT2D eigenvalue weighted by atomic mass is 10.0. The summed E-state index contributed by atoms with van der Waals surface area (Å²) >= 11 is 5.53. The van der Waals surface area contributed by atoms with Gasteiger partial charge in [-0.05, 0) is 77.6 Å². The summed E-state index contributed by atoms with van der Waals surface area (Å²) in [6.45, 7) is 15.2. The Kier molecular flexibility index (Phi) is 18.6. The highest BCUT2D eigenvalue weighted by atomic mass is 32.2. The lowest BCUT2D eigenvalue weighted by Crippen LogP contribution is -2.32. The highest BCUT2D eigenvalue weighted by Gasteiger charge is 2.67. The van der Waals surface area contributed by atoms with Gasteiger partial charge in [-0.15, -0.1) is 47.0 Å². The maximum atomic E-state index is 14.7. The van der Waals surface area contributed by atoms with Crippen LogP contribution >= 0.6 is 77.4 Å². The van der Waals surface area contributed by atoms with E-state index in [9.17, 15) is 18.3 Å². The molecule has 3 rings (SSSR count). The molecule has 2 aliphatic rings. The third-order valence-electron chi connectivity index (χ3n) is 7.40. The van der Waals surface area contributed by atoms with Crippen molar-refractivity contribution in [2.75, 3.05) is 65.2 Å². The average molecular weight is 859 g/mol. The van der Waals surface area contributed by atoms with Gasteiger partial charge >= 0.3 is 30.4 Å². The Morgan fingerprint density at radius 1 is 0.460 bits per heavy atom. The maximum Gasteiger partial charge on any atom is 0.369 e. The molecule has 0 bridgehead atoms. The summed E-state index contributed by atoms with van der Waals surface area (Å²) in [7, 11) is -15.3. The van der Waals surface area contributed by atoms with Gasteiger partial charge in [-0.3, -0.25) is 18.3 Å². The molecular formula is C30H54O12P4S4. The van der Waals surface area contributed by atoms with Gasteiger partial charge in [0.15, 0.2) is 0 Å². The van der Waals surface area contributed by atoms with Crippen molar-refractivity contribution < 1.29 is 54.5 Å². The van der Waals surface area contributed by atoms with Crippen LogP contribution in [0.15, 0.2) is 12.1 Å². The first-order valence-electron chi connectivity index (χ1n) is 17.0. The molecule has 20 heteroatoms. The minimum atomic E-state index is -4.07. The zero-order chi connectivity index (χ0) is 37.1. The monoisotopic (exact) mass is 858 g/mol. The smallest absolute Gasteiger partial charge is 0.309 e. The zero-order valence-corrected chi connectivity index (χ0v) is 37.2. The van der Waals surface area contributed by atoms with Gasteiger partial charge < -0.3 is 36.2 Å². The molecule has 0 aliphatic carbocycles. The van der Waals surface area contributed by atoms with Crippen LogP contribution in [0.25, 0.3) is 0 Å². The Morgan fingerprint density at radius 2 is 0.720 bits per heavy atom. The largest absolute Gasteiger partial charge is 0.369 e. The summed E-state index contributed by atoms with van der Waals surface area (Å²) in [5.74, 6) is 1.73. The van der Waals surface area contributed by atoms with Gasteiger partial charge in [0.25, 0.3) is 3.56 Å². The van der Waals surface area contributed by atoms with Crippen LogP contribution in [-0.2, 0) is 77.5 Å². The van der Waals surface area contributed by atoms with Crippen molar-refractivity contribution in [3.05, 3.63) is 34.4 Å². The normalized spacial score (nSPS) is 18.2. The number of hydrogen-bond acceptors (Lipinski definition) is 16. The van der Waals surface area contributed by atoms with Gasteiger partial charge in [-0.1, -0.05) is 12.1 Å². The Bertz CT molecular complexity index is 1310. The second-order valence-electron chi connectivity index (χ2n) is 10.9. The van der Waals surface area contributed by atoms with Crippen molar-refractivity contribution in [3.63, 3.8) is 0 Å². The van der Waals surface area contributed by atoms with E-state index in [-0.39, 0.29) is 65.2 Å². The first kappa shape index (κ1) is 45.6. The first-order valence-corrected chi connectivity index (χ1v) is 27.5. The van der Waals surface area contributed by atoms with E-state index in [4.69, 9.17) is 36.2 Å². The molecule has 12 nitrogen and oxygen atoms in total. The van der Waals surface area contributed by atoms with Crippen molar-refractivity contribution >= 4 is 77.4 Å². The Labute approximate surface area is 315 Å². The van der Waals surface area contributed by atoms with Crippen LogP contribution in [0.2, 0.25) is 0 Å². The van der Waals surface area contributed by atoms with Crippen molar-refractivity contribution in [2.45, 2.75) is 86.0 Å². The molecule has 0 aromatic heterocycles. The number of rotatable bonds is 22. The second kappa shape index (κ2) is 20.4. The molecular weight excluding hydrogens is 804 g/mol. The van der Waals surface area contributed by atoms with Crippen molar-refractivity contribution in [3.8, 4) is 0 Å². The maximum absolute atomic E-state index is 14.7. The number of thioether (sulfide) groups is 4. The van der Waals surface area contributed by atoms with Gasteiger partial charge in [-0.25, -0.2) is 0 Å². The Hall–Kier alpha value is 1.22. The molecule has 290 valence electrons. The summed E-state index contributed by atoms with van der Waals surface area (Å²) in [5, 5.41) is 0. The van der Waals surface area contributed by atoms with E-state index in [0.29, 0.717) is 23.0 Å². The van der Waals surface area contributed by atoms with E-state index in [1.165, 1.54) is 47.0 Å². The van der Waals surface area contributed by atoms with E-state index < -0.39 is 38.0 Å². The van der Waals surface area contributed by atoms with Crippen molar-refractivity contribution in [2.24, 2.45) is 0 Å². The molecule has 1 aromatic carbocycles. The van der Waals surface area contributed by atoms with Crippen LogP contribution in [0, 0.1) is 0 Å². The molecule has 2 heterocycles. The lowest BCUT2D eigenvalue weighted by molar-refractivity contribution is 0.200. The number of hydrogen-bond donors (Lipinski definition) is 0. The molecule has 0 spiro atoms. The minimum Gasteiger partial charge on any atom is -0.309 e. The molecule has 2 aliphatic heterocycles. The predicted molar refractivity (Wildman–Crippen MR) is 210 cm³/mol. The quantitative estimate of drug-likeness (QED) is 0.102. The van der Waals surface area contributed by atoms with Crippen LogP contribution in [0.4, 0.5) is 0 Å². The molecule has 0 saturated carbocycles. The molecule has 0 fully saturated rings. The van der Waals surface area contributed by atoms with Crippen LogP contribution in [-0.4, -0.2) is 72.8 Å². The standard InChI is InChI=1S/C30H54O12P4S4/c1-9-35-43(31,36-10-2)23-29(24-44(32,37-11-3)38-12-4)47-19-25-17-27-21-49-30(45(33,39-13-5)40-14-6,46(34,41-15-7)42-16-8)50-22-28(27)18-26(25)20-48-29/h17-18H,9-16,19-24H2,1-8H3. The highest BCUT2D eigenvalue weighted by Crippen LogP contribution is 2.86. The molecule has 0 unspecified atom stereocenters. The lowest BCUT2D eigenvalue weighted by Gasteiger charge is -2.40. The number of fused-ring (bicyclic) bond motifs is 2. The minimum absolute atomic E-state index is 0.0252. The summed E-state index contributed by atoms with van der Waals surface area (Å²) < 4.78 is 101. The van der Waals surface area contributed by atoms with Gasteiger partial charge in [0.05, 0.1) is 69.3 Å². The van der Waals surface area contributed by atoms with Crippen LogP contribution < -0.4 is 0 Å². The Balaban J connectivity index is 2.07. The molecule has 0 amide bonds. The van der Waals surface area contributed by atoms with Gasteiger partial charge in [-0.2, -0.15) is 0 Å². The molecule has 1 aromatic rings. The summed E-state index contributed by atoms with van der Waals surface area (Å²) in [6.07, 6.45) is 0.0503. The number of benzene rings is 1. The van der Waals surface area contributed by atoms with Crippen molar-refractivity contribution in [1.29, 1.82) is 0 Å². The highest BCUT2D eigenvalue weighted by molar-refractivity contribution is 8.32. The SMILES string of the molecule is CCOP(=O)(CC1(CP(=O)(OCC)OCC)SCc2cc3c(cc2CS1)CSC(P(=O)(OCC)OCC)(P(=O)(OCC)OCC)SC3)OCC. The summed E-state index contributed by atoms with van der Waals surface area (Å²) in [6, 6.07) is 4.26. The molecule has 0 atom stereocenters. The fourth-order valence-electron chi connectivity index (χ4n) is 5.59. The topological polar surface area (TPSA) is 142 Å². The molecule has 0 saturated heterocycles. The van der Waals surface area contributed by atoms with E-state index in [1.54, 1.807) is 55.4 Å². The molecule has 0 N–H and O–H groups in total. The third kappa shape index (κ3) is 10.7. The van der Waals surface area contributed by atoms with Crippen LogP contribution in [0.5, 0.6) is 0 Å². The average Bonchev–Trinajstić information content (AvgIpc) is 3.34. The first-order chi connectivity index (χ1) is 23.7. The van der Waals surface area contributed by atoms with E-state index >= 15 is 0 Å². The fraction of sp³-hybridized carbons (Fsp3) is 0.800. The van der Waals surface area contributed by atoms with Crippen LogP contribution in [0.3, 0.4) is 0 Å². The van der Waals surface area contributed by atoms with E-state index in [2.05, 4.69) is 12.1 Å². The fourth-order valence-corrected chi connectivity index (χ4v) is 25.2. The van der Waals surface area contributed by atoms with Gasteiger partial charge in [0, 0.05) is 23.0 Å². The van der Waals surface area contributed by atoms with E-state index in [1.807, 2.05) is 0 Å². The van der Waals surface area contributed by atoms with Crippen LogP contribution in [0.1, 0.15) is 77.6 Å². The molecule has 50 heavy (non-hydrogen) atoms. The predicted octanol–water partition coefficient (Wildman–Crippen LogP) is 11.0. The Morgan fingerprint density at radius 3 is 0.980 bits per heavy atom. The van der Waals surface area contributed by atoms with Gasteiger partial charge in [0.1, 0.15) is 0 Å². The summed E-state index contributed by atoms with van der Waals surface area (Å²) in [5.41, 5.74) is 4.09. The third-order valence-corrected chi connectivity index (χ3v) is 27.8. The van der Waals surface area contributed by atoms with Gasteiger partial charge in [0.2, 0.25) is 0 Å². The second-order valence-corrected chi connectivity index (χ2v) is 26.5. The van der Waals surface area contributed by atoms with E-state index in [0.717, 1.165) is 22.3 Å². The zero-order valence-electron chi connectivity index (χ0n) is 30.4.